The van der Waals surface area contributed by atoms with Gasteiger partial charge in [0.15, 0.2) is 0 Å². The monoisotopic (exact) mass is 275 g/mol. The van der Waals surface area contributed by atoms with Crippen molar-refractivity contribution in [2.45, 2.75) is 36.1 Å². The summed E-state index contributed by atoms with van der Waals surface area (Å²) in [6.07, 6.45) is 2.78. The minimum absolute atomic E-state index is 0.0769. The first-order valence-electron chi connectivity index (χ1n) is 5.97. The molecule has 0 aromatic heterocycles. The molecule has 98 valence electrons. The van der Waals surface area contributed by atoms with Crippen molar-refractivity contribution in [1.29, 1.82) is 10.5 Å². The third-order valence-electron chi connectivity index (χ3n) is 3.29. The van der Waals surface area contributed by atoms with E-state index in [0.29, 0.717) is 18.4 Å². The van der Waals surface area contributed by atoms with Crippen LogP contribution in [0, 0.1) is 22.7 Å². The molecule has 1 fully saturated rings. The molecule has 0 aliphatic heterocycles. The molecular formula is C13H13N3O2S. The number of hydrogen-bond acceptors (Lipinski definition) is 4. The summed E-state index contributed by atoms with van der Waals surface area (Å²) in [6.45, 7) is 0. The van der Waals surface area contributed by atoms with Crippen LogP contribution < -0.4 is 4.72 Å². The maximum atomic E-state index is 12.2. The number of hydrogen-bond donors (Lipinski definition) is 1. The molecule has 1 N–H and O–H groups in total. The average molecular weight is 275 g/mol. The second kappa shape index (κ2) is 5.00. The molecule has 0 radical (unpaired) electrons. The van der Waals surface area contributed by atoms with Gasteiger partial charge in [-0.05, 0) is 37.1 Å². The molecule has 0 heterocycles. The maximum absolute atomic E-state index is 12.2. The first-order chi connectivity index (χ1) is 9.01. The van der Waals surface area contributed by atoms with E-state index in [-0.39, 0.29) is 4.90 Å². The summed E-state index contributed by atoms with van der Waals surface area (Å²) in [6, 6.07) is 9.66. The highest BCUT2D eigenvalue weighted by molar-refractivity contribution is 7.89. The lowest BCUT2D eigenvalue weighted by Gasteiger charge is -2.21. The van der Waals surface area contributed by atoms with Gasteiger partial charge in [0.1, 0.15) is 5.54 Å². The van der Waals surface area contributed by atoms with Gasteiger partial charge in [0.05, 0.1) is 22.6 Å². The van der Waals surface area contributed by atoms with Gasteiger partial charge in [0.25, 0.3) is 0 Å². The van der Waals surface area contributed by atoms with Crippen LogP contribution in [0.3, 0.4) is 0 Å². The van der Waals surface area contributed by atoms with E-state index in [4.69, 9.17) is 5.26 Å². The molecule has 0 amide bonds. The Morgan fingerprint density at radius 3 is 2.16 bits per heavy atom. The number of benzene rings is 1. The van der Waals surface area contributed by atoms with Gasteiger partial charge in [-0.3, -0.25) is 0 Å². The Hall–Kier alpha value is -1.89. The van der Waals surface area contributed by atoms with Crippen LogP contribution in [0.4, 0.5) is 0 Å². The van der Waals surface area contributed by atoms with Crippen molar-refractivity contribution >= 4 is 10.0 Å². The number of rotatable bonds is 3. The predicted molar refractivity (Wildman–Crippen MR) is 68.3 cm³/mol. The van der Waals surface area contributed by atoms with Gasteiger partial charge >= 0.3 is 0 Å². The fourth-order valence-corrected chi connectivity index (χ4v) is 3.62. The first kappa shape index (κ1) is 13.5. The first-order valence-corrected chi connectivity index (χ1v) is 7.45. The van der Waals surface area contributed by atoms with Gasteiger partial charge in [-0.2, -0.15) is 15.2 Å². The summed E-state index contributed by atoms with van der Waals surface area (Å²) >= 11 is 0. The molecule has 0 saturated heterocycles. The average Bonchev–Trinajstić information content (AvgIpc) is 2.87. The highest BCUT2D eigenvalue weighted by atomic mass is 32.2. The highest BCUT2D eigenvalue weighted by Crippen LogP contribution is 2.30. The Morgan fingerprint density at radius 1 is 1.11 bits per heavy atom. The largest absolute Gasteiger partial charge is 0.241 e. The number of sulfonamides is 1. The lowest BCUT2D eigenvalue weighted by molar-refractivity contribution is 0.485. The van der Waals surface area contributed by atoms with E-state index in [1.807, 2.05) is 6.07 Å². The van der Waals surface area contributed by atoms with E-state index >= 15 is 0 Å². The molecule has 1 aliphatic rings. The van der Waals surface area contributed by atoms with Crippen molar-refractivity contribution < 1.29 is 8.42 Å². The molecule has 2 rings (SSSR count). The van der Waals surface area contributed by atoms with Crippen LogP contribution in [-0.4, -0.2) is 14.0 Å². The molecule has 6 heteroatoms. The number of nitriles is 2. The SMILES string of the molecule is N#Cc1ccc(S(=O)(=O)NC2(C#N)CCCC2)cc1. The molecule has 1 saturated carbocycles. The Labute approximate surface area is 112 Å². The van der Waals surface area contributed by atoms with Gasteiger partial charge in [0.2, 0.25) is 10.0 Å². The van der Waals surface area contributed by atoms with Crippen molar-refractivity contribution in [2.75, 3.05) is 0 Å². The minimum atomic E-state index is -3.72. The molecule has 0 atom stereocenters. The van der Waals surface area contributed by atoms with E-state index in [2.05, 4.69) is 10.8 Å². The molecule has 0 spiro atoms. The lowest BCUT2D eigenvalue weighted by Crippen LogP contribution is -2.44. The van der Waals surface area contributed by atoms with Gasteiger partial charge < -0.3 is 0 Å². The van der Waals surface area contributed by atoms with Gasteiger partial charge in [-0.25, -0.2) is 8.42 Å². The predicted octanol–water partition coefficient (Wildman–Crippen LogP) is 1.67. The summed E-state index contributed by atoms with van der Waals surface area (Å²) in [4.78, 5) is 0.0769. The highest BCUT2D eigenvalue weighted by Gasteiger charge is 2.38. The standard InChI is InChI=1S/C13H13N3O2S/c14-9-11-3-5-12(6-4-11)19(17,18)16-13(10-15)7-1-2-8-13/h3-6,16H,1-2,7-8H2. The van der Waals surface area contributed by atoms with Crippen LogP contribution in [0.1, 0.15) is 31.2 Å². The van der Waals surface area contributed by atoms with Crippen LogP contribution in [0.25, 0.3) is 0 Å². The summed E-state index contributed by atoms with van der Waals surface area (Å²) in [5.74, 6) is 0. The van der Waals surface area contributed by atoms with Crippen LogP contribution >= 0.6 is 0 Å². The van der Waals surface area contributed by atoms with Crippen molar-refractivity contribution in [1.82, 2.24) is 4.72 Å². The lowest BCUT2D eigenvalue weighted by atomic mass is 10.0. The van der Waals surface area contributed by atoms with Crippen LogP contribution in [-0.2, 0) is 10.0 Å². The molecule has 1 aromatic rings. The Morgan fingerprint density at radius 2 is 1.68 bits per heavy atom. The van der Waals surface area contributed by atoms with E-state index in [9.17, 15) is 13.7 Å². The van der Waals surface area contributed by atoms with Gasteiger partial charge in [-0.15, -0.1) is 0 Å². The smallest absolute Gasteiger partial charge is 0.207 e. The quantitative estimate of drug-likeness (QED) is 0.907. The van der Waals surface area contributed by atoms with Crippen molar-refractivity contribution in [3.8, 4) is 12.1 Å². The van der Waals surface area contributed by atoms with E-state index < -0.39 is 15.6 Å². The zero-order valence-electron chi connectivity index (χ0n) is 10.3. The van der Waals surface area contributed by atoms with Crippen LogP contribution in [0.5, 0.6) is 0 Å². The summed E-state index contributed by atoms with van der Waals surface area (Å²) in [5, 5.41) is 17.9. The second-order valence-corrected chi connectivity index (χ2v) is 6.33. The fraction of sp³-hybridized carbons (Fsp3) is 0.385. The second-order valence-electron chi connectivity index (χ2n) is 4.64. The molecule has 19 heavy (non-hydrogen) atoms. The molecular weight excluding hydrogens is 262 g/mol. The van der Waals surface area contributed by atoms with E-state index in [1.165, 1.54) is 24.3 Å². The third-order valence-corrected chi connectivity index (χ3v) is 4.85. The van der Waals surface area contributed by atoms with Gasteiger partial charge in [-0.1, -0.05) is 12.8 Å². The topological polar surface area (TPSA) is 93.8 Å². The van der Waals surface area contributed by atoms with E-state index in [1.54, 1.807) is 0 Å². The minimum Gasteiger partial charge on any atom is -0.207 e. The Bertz CT molecular complexity index is 645. The molecule has 1 aromatic carbocycles. The Kier molecular flexibility index (Phi) is 3.57. The summed E-state index contributed by atoms with van der Waals surface area (Å²) in [5.41, 5.74) is -0.581. The summed E-state index contributed by atoms with van der Waals surface area (Å²) in [7, 11) is -3.72. The maximum Gasteiger partial charge on any atom is 0.241 e. The number of nitrogens with one attached hydrogen (secondary N) is 1. The summed E-state index contributed by atoms with van der Waals surface area (Å²) < 4.78 is 26.9. The van der Waals surface area contributed by atoms with Crippen molar-refractivity contribution in [3.05, 3.63) is 29.8 Å². The molecule has 1 aliphatic carbocycles. The fourth-order valence-electron chi connectivity index (χ4n) is 2.24. The van der Waals surface area contributed by atoms with Crippen molar-refractivity contribution in [3.63, 3.8) is 0 Å². The Balaban J connectivity index is 2.28. The zero-order chi connectivity index (χ0) is 13.9. The third kappa shape index (κ3) is 2.76. The van der Waals surface area contributed by atoms with Crippen LogP contribution in [0.15, 0.2) is 29.2 Å². The molecule has 0 bridgehead atoms. The molecule has 5 nitrogen and oxygen atoms in total. The number of nitrogens with zero attached hydrogens (tertiary/aromatic N) is 2. The normalized spacial score (nSPS) is 17.6. The van der Waals surface area contributed by atoms with Crippen LogP contribution in [0.2, 0.25) is 0 Å². The van der Waals surface area contributed by atoms with Crippen molar-refractivity contribution in [2.24, 2.45) is 0 Å². The molecule has 0 unspecified atom stereocenters. The van der Waals surface area contributed by atoms with E-state index in [0.717, 1.165) is 12.8 Å². The zero-order valence-corrected chi connectivity index (χ0v) is 11.1. The van der Waals surface area contributed by atoms with Gasteiger partial charge in [0, 0.05) is 0 Å².